The fourth-order valence-corrected chi connectivity index (χ4v) is 2.66. The van der Waals surface area contributed by atoms with Gasteiger partial charge in [-0.25, -0.2) is 0 Å². The molecule has 1 heterocycles. The molecule has 1 aromatic carbocycles. The number of benzene rings is 1. The average Bonchev–Trinajstić information content (AvgIpc) is 2.36. The molecule has 0 fully saturated rings. The molecule has 2 aromatic rings. The Balaban J connectivity index is 1.79. The number of pyridine rings is 1. The predicted molar refractivity (Wildman–Crippen MR) is 82.2 cm³/mol. The fraction of sp³-hybridized carbons (Fsp3) is 0.353. The maximum atomic E-state index is 4.59. The second-order valence-electron chi connectivity index (χ2n) is 5.15. The molecule has 0 aliphatic carbocycles. The van der Waals surface area contributed by atoms with Crippen molar-refractivity contribution in [1.29, 1.82) is 0 Å². The first kappa shape index (κ1) is 14.3. The third-order valence-corrected chi connectivity index (χ3v) is 3.86. The zero-order chi connectivity index (χ0) is 13.7. The summed E-state index contributed by atoms with van der Waals surface area (Å²) in [5, 5.41) is 0. The number of hydrogen-bond acceptors (Lipinski definition) is 1. The van der Waals surface area contributed by atoms with Gasteiger partial charge < -0.3 is 0 Å². The monoisotopic (exact) mass is 313 g/mol. The summed E-state index contributed by atoms with van der Waals surface area (Å²) in [5.74, 6) is 0. The summed E-state index contributed by atoms with van der Waals surface area (Å²) >= 11 is 2.58. The Kier molecular flexibility index (Phi) is 5.22. The van der Waals surface area contributed by atoms with E-state index in [0.29, 0.717) is 0 Å². The Morgan fingerprint density at radius 2 is 1.63 bits per heavy atom. The van der Waals surface area contributed by atoms with E-state index in [1.165, 1.54) is 34.0 Å². The molecule has 0 N–H and O–H groups in total. The van der Waals surface area contributed by atoms with Crippen LogP contribution in [0.1, 0.15) is 35.4 Å². The molecule has 2 heteroatoms. The second-order valence-corrected chi connectivity index (χ2v) is 6.23. The van der Waals surface area contributed by atoms with Crippen LogP contribution in [0.2, 0.25) is 0 Å². The van der Waals surface area contributed by atoms with Crippen LogP contribution in [0.15, 0.2) is 36.4 Å². The van der Waals surface area contributed by atoms with Gasteiger partial charge in [-0.1, -0.05) is 0 Å². The molecular weight excluding hydrogens is 293 g/mol. The zero-order valence-electron chi connectivity index (χ0n) is 11.7. The van der Waals surface area contributed by atoms with Crippen molar-refractivity contribution < 1.29 is 0 Å². The quantitative estimate of drug-likeness (QED) is 0.611. The van der Waals surface area contributed by atoms with Gasteiger partial charge in [0, 0.05) is 0 Å². The van der Waals surface area contributed by atoms with Crippen molar-refractivity contribution in [2.75, 3.05) is 0 Å². The van der Waals surface area contributed by atoms with Gasteiger partial charge in [0.15, 0.2) is 0 Å². The van der Waals surface area contributed by atoms with E-state index in [-0.39, 0.29) is 0 Å². The van der Waals surface area contributed by atoms with Crippen molar-refractivity contribution in [3.63, 3.8) is 0 Å². The number of aryl methyl sites for hydroxylation is 4. The summed E-state index contributed by atoms with van der Waals surface area (Å²) in [7, 11) is 0. The molecule has 0 unspecified atom stereocenters. The van der Waals surface area contributed by atoms with Gasteiger partial charge >= 0.3 is 125 Å². The van der Waals surface area contributed by atoms with E-state index in [0.717, 1.165) is 18.5 Å². The molecule has 1 aromatic heterocycles. The van der Waals surface area contributed by atoms with Gasteiger partial charge in [-0.3, -0.25) is 0 Å². The molecule has 1 nitrogen and oxygen atoms in total. The van der Waals surface area contributed by atoms with Gasteiger partial charge in [0.25, 0.3) is 0 Å². The van der Waals surface area contributed by atoms with Crippen molar-refractivity contribution in [3.8, 4) is 0 Å². The number of hydrogen-bond donors (Lipinski definition) is 0. The molecule has 0 aliphatic rings. The van der Waals surface area contributed by atoms with Crippen LogP contribution in [0, 0.1) is 13.8 Å². The topological polar surface area (TPSA) is 12.9 Å². The molecule has 98 valence electrons. The molecule has 0 saturated carbocycles. The van der Waals surface area contributed by atoms with E-state index in [4.69, 9.17) is 0 Å². The number of unbranched alkanes of at least 4 members (excludes halogenated alkanes) is 1. The zero-order valence-corrected chi connectivity index (χ0v) is 13.6. The molecule has 0 amide bonds. The molecule has 2 radical (unpaired) electrons. The number of nitrogens with zero attached hydrogens (tertiary/aromatic N) is 1. The first-order chi connectivity index (χ1) is 9.13. The van der Waals surface area contributed by atoms with Crippen LogP contribution in [0.5, 0.6) is 0 Å². The van der Waals surface area contributed by atoms with E-state index in [1.807, 2.05) is 0 Å². The summed E-state index contributed by atoms with van der Waals surface area (Å²) < 4.78 is 1.27. The van der Waals surface area contributed by atoms with Gasteiger partial charge in [-0.2, -0.15) is 0 Å². The Bertz CT molecular complexity index is 511. The van der Waals surface area contributed by atoms with Gasteiger partial charge in [-0.05, 0) is 0 Å². The Labute approximate surface area is 125 Å². The maximum absolute atomic E-state index is 4.59. The molecule has 0 bridgehead atoms. The number of aromatic nitrogens is 1. The molecule has 19 heavy (non-hydrogen) atoms. The molecular formula is C17H20AsN. The van der Waals surface area contributed by atoms with Crippen LogP contribution >= 0.6 is 0 Å². The van der Waals surface area contributed by atoms with Crippen LogP contribution in [0.3, 0.4) is 0 Å². The third kappa shape index (κ3) is 4.84. The molecule has 2 rings (SSSR count). The van der Waals surface area contributed by atoms with Crippen molar-refractivity contribution >= 4 is 21.2 Å². The minimum atomic E-state index is 1.09. The minimum absolute atomic E-state index is 1.09. The number of rotatable bonds is 5. The van der Waals surface area contributed by atoms with Crippen molar-refractivity contribution in [3.05, 3.63) is 58.9 Å². The van der Waals surface area contributed by atoms with Crippen LogP contribution in [0.4, 0.5) is 0 Å². The summed E-state index contributed by atoms with van der Waals surface area (Å²) in [6.45, 7) is 4.21. The van der Waals surface area contributed by atoms with E-state index >= 15 is 0 Å². The van der Waals surface area contributed by atoms with E-state index in [9.17, 15) is 0 Å². The van der Waals surface area contributed by atoms with Gasteiger partial charge in [0.1, 0.15) is 0 Å². The fourth-order valence-electron chi connectivity index (χ4n) is 2.35. The summed E-state index contributed by atoms with van der Waals surface area (Å²) in [4.78, 5) is 4.59. The van der Waals surface area contributed by atoms with Gasteiger partial charge in [0.2, 0.25) is 0 Å². The van der Waals surface area contributed by atoms with E-state index < -0.39 is 0 Å². The Morgan fingerprint density at radius 3 is 2.32 bits per heavy atom. The SMILES string of the molecule is Cc1cc(C)nc(CCCCc2ccc([As])cc2)c1. The van der Waals surface area contributed by atoms with Crippen LogP contribution in [0.25, 0.3) is 0 Å². The third-order valence-electron chi connectivity index (χ3n) is 3.24. The summed E-state index contributed by atoms with van der Waals surface area (Å²) in [6.07, 6.45) is 4.69. The van der Waals surface area contributed by atoms with Gasteiger partial charge in [0.05, 0.1) is 0 Å². The molecule has 0 saturated heterocycles. The van der Waals surface area contributed by atoms with E-state index in [2.05, 4.69) is 72.1 Å². The summed E-state index contributed by atoms with van der Waals surface area (Å²) in [5.41, 5.74) is 5.12. The molecule has 0 aliphatic heterocycles. The Morgan fingerprint density at radius 1 is 0.947 bits per heavy atom. The van der Waals surface area contributed by atoms with E-state index in [1.54, 1.807) is 0 Å². The Hall–Kier alpha value is -1.07. The van der Waals surface area contributed by atoms with Crippen LogP contribution in [-0.2, 0) is 12.8 Å². The molecule has 0 atom stereocenters. The van der Waals surface area contributed by atoms with Gasteiger partial charge in [-0.15, -0.1) is 0 Å². The van der Waals surface area contributed by atoms with Crippen LogP contribution in [-0.4, -0.2) is 21.8 Å². The first-order valence-corrected chi connectivity index (χ1v) is 7.79. The van der Waals surface area contributed by atoms with Crippen molar-refractivity contribution in [1.82, 2.24) is 4.98 Å². The molecule has 0 spiro atoms. The second kappa shape index (κ2) is 6.91. The standard InChI is InChI=1S/C17H20AsN/c1-13-11-14(2)19-17(12-13)6-4-3-5-15-7-9-16(18)10-8-15/h7-12H,3-6H2,1-2H3. The average molecular weight is 313 g/mol. The summed E-state index contributed by atoms with van der Waals surface area (Å²) in [6, 6.07) is 13.1. The predicted octanol–water partition coefficient (Wildman–Crippen LogP) is 3.06. The first-order valence-electron chi connectivity index (χ1n) is 6.85. The van der Waals surface area contributed by atoms with Crippen LogP contribution < -0.4 is 4.35 Å². The normalized spacial score (nSPS) is 10.7. The van der Waals surface area contributed by atoms with Crippen molar-refractivity contribution in [2.24, 2.45) is 0 Å². The van der Waals surface area contributed by atoms with Crippen molar-refractivity contribution in [2.45, 2.75) is 39.5 Å².